The van der Waals surface area contributed by atoms with E-state index in [1.54, 1.807) is 11.8 Å². The summed E-state index contributed by atoms with van der Waals surface area (Å²) in [4.78, 5) is 28.3. The molecule has 0 saturated carbocycles. The lowest BCUT2D eigenvalue weighted by atomic mass is 9.78. The lowest BCUT2D eigenvalue weighted by Crippen LogP contribution is -2.46. The molecule has 2 heterocycles. The third-order valence-corrected chi connectivity index (χ3v) is 5.76. The molecule has 2 aliphatic rings. The van der Waals surface area contributed by atoms with Gasteiger partial charge in [0.05, 0.1) is 0 Å². The van der Waals surface area contributed by atoms with Gasteiger partial charge in [0.2, 0.25) is 0 Å². The molecule has 28 heavy (non-hydrogen) atoms. The largest absolute Gasteiger partial charge is 0.484 e. The van der Waals surface area contributed by atoms with E-state index in [0.717, 1.165) is 30.6 Å². The van der Waals surface area contributed by atoms with E-state index in [-0.39, 0.29) is 30.6 Å². The van der Waals surface area contributed by atoms with Crippen LogP contribution in [0.15, 0.2) is 24.3 Å². The zero-order valence-corrected chi connectivity index (χ0v) is 16.7. The van der Waals surface area contributed by atoms with Crippen LogP contribution in [0.25, 0.3) is 0 Å². The molecule has 2 aliphatic heterocycles. The van der Waals surface area contributed by atoms with E-state index >= 15 is 0 Å². The van der Waals surface area contributed by atoms with Crippen molar-refractivity contribution in [2.24, 2.45) is 5.41 Å². The summed E-state index contributed by atoms with van der Waals surface area (Å²) in [6.07, 6.45) is 2.48. The molecule has 150 valence electrons. The Kier molecular flexibility index (Phi) is 6.45. The Labute approximate surface area is 166 Å². The number of hydrogen-bond acceptors (Lipinski definition) is 4. The summed E-state index contributed by atoms with van der Waals surface area (Å²) in [7, 11) is 0. The molecule has 0 radical (unpaired) electrons. The minimum Gasteiger partial charge on any atom is -0.484 e. The molecule has 2 fully saturated rings. The van der Waals surface area contributed by atoms with Crippen LogP contribution in [0.1, 0.15) is 31.7 Å². The zero-order chi connectivity index (χ0) is 20.0. The molecule has 1 spiro atoms. The van der Waals surface area contributed by atoms with Gasteiger partial charge in [0, 0.05) is 26.2 Å². The van der Waals surface area contributed by atoms with E-state index in [0.29, 0.717) is 26.2 Å². The van der Waals surface area contributed by atoms with Gasteiger partial charge in [0.1, 0.15) is 5.75 Å². The van der Waals surface area contributed by atoms with Crippen LogP contribution in [0.5, 0.6) is 5.75 Å². The number of aryl methyl sites for hydroxylation is 1. The maximum Gasteiger partial charge on any atom is 0.410 e. The predicted octanol–water partition coefficient (Wildman–Crippen LogP) is 2.85. The first-order chi connectivity index (χ1) is 13.5. The molecule has 6 nitrogen and oxygen atoms in total. The minimum atomic E-state index is -0.287. The second-order valence-electron chi connectivity index (χ2n) is 7.59. The van der Waals surface area contributed by atoms with Crippen molar-refractivity contribution in [1.29, 1.82) is 0 Å². The average molecular weight is 384 g/mol. The molecule has 0 atom stereocenters. The van der Waals surface area contributed by atoms with Gasteiger partial charge in [0.25, 0.3) is 5.91 Å². The Bertz CT molecular complexity index is 772. The molecule has 2 amide bonds. The molecule has 6 heteroatoms. The Morgan fingerprint density at radius 2 is 1.79 bits per heavy atom. The highest BCUT2D eigenvalue weighted by Gasteiger charge is 2.43. The van der Waals surface area contributed by atoms with Crippen molar-refractivity contribution in [2.75, 3.05) is 39.4 Å². The number of benzene rings is 1. The van der Waals surface area contributed by atoms with Gasteiger partial charge >= 0.3 is 6.09 Å². The second-order valence-corrected chi connectivity index (χ2v) is 7.59. The molecule has 0 unspecified atom stereocenters. The standard InChI is InChI=1S/C22H28N2O4/c1-3-4-15-27-21(26)24-14-11-22(17-24)9-12-23(13-10-22)20(25)16-28-19-8-6-5-7-18(19)2/h5-8H,9-17H2,1-2H3. The van der Waals surface area contributed by atoms with Crippen LogP contribution in [0, 0.1) is 24.2 Å². The molecular formula is C22H28N2O4. The normalized spacial score (nSPS) is 17.8. The van der Waals surface area contributed by atoms with Gasteiger partial charge in [-0.1, -0.05) is 24.1 Å². The SMILES string of the molecule is CC#CCOC(=O)N1CCC2(CCN(C(=O)COc3ccccc3C)CC2)C1. The van der Waals surface area contributed by atoms with E-state index in [9.17, 15) is 9.59 Å². The highest BCUT2D eigenvalue weighted by Crippen LogP contribution is 2.40. The van der Waals surface area contributed by atoms with E-state index in [1.807, 2.05) is 36.1 Å². The first-order valence-electron chi connectivity index (χ1n) is 9.80. The van der Waals surface area contributed by atoms with Crippen LogP contribution in [0.4, 0.5) is 4.79 Å². The molecule has 2 saturated heterocycles. The Balaban J connectivity index is 1.45. The second kappa shape index (κ2) is 9.01. The van der Waals surface area contributed by atoms with E-state index in [1.165, 1.54) is 0 Å². The summed E-state index contributed by atoms with van der Waals surface area (Å²) in [6.45, 7) is 6.73. The molecule has 1 aromatic carbocycles. The van der Waals surface area contributed by atoms with Crippen LogP contribution in [0.2, 0.25) is 0 Å². The van der Waals surface area contributed by atoms with Crippen LogP contribution >= 0.6 is 0 Å². The van der Waals surface area contributed by atoms with Crippen molar-refractivity contribution in [3.63, 3.8) is 0 Å². The van der Waals surface area contributed by atoms with Gasteiger partial charge in [-0.3, -0.25) is 4.79 Å². The lowest BCUT2D eigenvalue weighted by Gasteiger charge is -2.39. The minimum absolute atomic E-state index is 0.0190. The van der Waals surface area contributed by atoms with Crippen LogP contribution in [-0.4, -0.2) is 61.2 Å². The number of piperidine rings is 1. The molecular weight excluding hydrogens is 356 g/mol. The maximum atomic E-state index is 12.5. The molecule has 1 aromatic rings. The van der Waals surface area contributed by atoms with Crippen LogP contribution < -0.4 is 4.74 Å². The fraction of sp³-hybridized carbons (Fsp3) is 0.545. The summed E-state index contributed by atoms with van der Waals surface area (Å²) < 4.78 is 10.9. The number of hydrogen-bond donors (Lipinski definition) is 0. The van der Waals surface area contributed by atoms with E-state index in [2.05, 4.69) is 11.8 Å². The van der Waals surface area contributed by atoms with Gasteiger partial charge in [-0.25, -0.2) is 4.79 Å². The predicted molar refractivity (Wildman–Crippen MR) is 106 cm³/mol. The first kappa shape index (κ1) is 20.1. The summed E-state index contributed by atoms with van der Waals surface area (Å²) >= 11 is 0. The van der Waals surface area contributed by atoms with Crippen molar-refractivity contribution < 1.29 is 19.1 Å². The summed E-state index contributed by atoms with van der Waals surface area (Å²) in [6, 6.07) is 7.71. The van der Waals surface area contributed by atoms with Crippen molar-refractivity contribution in [3.8, 4) is 17.6 Å². The molecule has 0 aliphatic carbocycles. The van der Waals surface area contributed by atoms with Crippen molar-refractivity contribution in [1.82, 2.24) is 9.80 Å². The summed E-state index contributed by atoms with van der Waals surface area (Å²) in [5, 5.41) is 0. The lowest BCUT2D eigenvalue weighted by molar-refractivity contribution is -0.135. The smallest absolute Gasteiger partial charge is 0.410 e. The molecule has 0 N–H and O–H groups in total. The van der Waals surface area contributed by atoms with Crippen molar-refractivity contribution in [2.45, 2.75) is 33.1 Å². The van der Waals surface area contributed by atoms with E-state index in [4.69, 9.17) is 9.47 Å². The number of likely N-dealkylation sites (tertiary alicyclic amines) is 2. The van der Waals surface area contributed by atoms with Crippen molar-refractivity contribution >= 4 is 12.0 Å². The topological polar surface area (TPSA) is 59.1 Å². The van der Waals surface area contributed by atoms with Gasteiger partial charge < -0.3 is 19.3 Å². The van der Waals surface area contributed by atoms with Crippen LogP contribution in [0.3, 0.4) is 0 Å². The average Bonchev–Trinajstić information content (AvgIpc) is 3.11. The van der Waals surface area contributed by atoms with Gasteiger partial charge in [-0.05, 0) is 50.2 Å². The fourth-order valence-corrected chi connectivity index (χ4v) is 3.94. The number of para-hydroxylation sites is 1. The number of ether oxygens (including phenoxy) is 2. The molecule has 0 aromatic heterocycles. The van der Waals surface area contributed by atoms with Crippen LogP contribution in [-0.2, 0) is 9.53 Å². The van der Waals surface area contributed by atoms with Gasteiger partial charge in [0.15, 0.2) is 13.2 Å². The number of amides is 2. The highest BCUT2D eigenvalue weighted by atomic mass is 16.6. The van der Waals surface area contributed by atoms with E-state index < -0.39 is 0 Å². The quantitative estimate of drug-likeness (QED) is 0.749. The molecule has 3 rings (SSSR count). The fourth-order valence-electron chi connectivity index (χ4n) is 3.94. The Morgan fingerprint density at radius 3 is 2.46 bits per heavy atom. The maximum absolute atomic E-state index is 12.5. The Morgan fingerprint density at radius 1 is 1.11 bits per heavy atom. The number of carbonyl (C=O) groups is 2. The van der Waals surface area contributed by atoms with Gasteiger partial charge in [-0.15, -0.1) is 5.92 Å². The number of carbonyl (C=O) groups excluding carboxylic acids is 2. The highest BCUT2D eigenvalue weighted by molar-refractivity contribution is 5.78. The zero-order valence-electron chi connectivity index (χ0n) is 16.7. The number of nitrogens with zero attached hydrogens (tertiary/aromatic N) is 2. The third-order valence-electron chi connectivity index (χ3n) is 5.76. The summed E-state index contributed by atoms with van der Waals surface area (Å²) in [5.74, 6) is 6.23. The monoisotopic (exact) mass is 384 g/mol. The Hall–Kier alpha value is -2.68. The third kappa shape index (κ3) is 4.78. The first-order valence-corrected chi connectivity index (χ1v) is 9.80. The van der Waals surface area contributed by atoms with Gasteiger partial charge in [-0.2, -0.15) is 0 Å². The number of rotatable bonds is 4. The van der Waals surface area contributed by atoms with Crippen molar-refractivity contribution in [3.05, 3.63) is 29.8 Å². The summed E-state index contributed by atoms with van der Waals surface area (Å²) in [5.41, 5.74) is 1.12. The molecule has 0 bridgehead atoms.